The van der Waals surface area contributed by atoms with E-state index < -0.39 is 10.0 Å². The third kappa shape index (κ3) is 3.81. The highest BCUT2D eigenvalue weighted by atomic mass is 32.2. The number of amides is 1. The van der Waals surface area contributed by atoms with Gasteiger partial charge in [-0.15, -0.1) is 0 Å². The van der Waals surface area contributed by atoms with E-state index in [9.17, 15) is 13.2 Å². The van der Waals surface area contributed by atoms with Crippen LogP contribution in [0.2, 0.25) is 0 Å². The Morgan fingerprint density at radius 2 is 1.58 bits per heavy atom. The molecular weight excluding hydrogens is 438 g/mol. The molecule has 0 radical (unpaired) electrons. The number of rotatable bonds is 4. The number of hydrogen-bond acceptors (Lipinski definition) is 5. The second-order valence-corrected chi connectivity index (χ2v) is 10.8. The predicted molar refractivity (Wildman–Crippen MR) is 129 cm³/mol. The van der Waals surface area contributed by atoms with E-state index in [-0.39, 0.29) is 10.8 Å². The van der Waals surface area contributed by atoms with Crippen molar-refractivity contribution in [1.82, 2.24) is 4.31 Å². The minimum Gasteiger partial charge on any atom is -0.497 e. The van der Waals surface area contributed by atoms with Gasteiger partial charge in [-0.05, 0) is 68.1 Å². The first-order valence-corrected chi connectivity index (χ1v) is 12.9. The molecule has 0 bridgehead atoms. The Balaban J connectivity index is 1.38. The van der Waals surface area contributed by atoms with Crippen LogP contribution in [-0.2, 0) is 14.8 Å². The van der Waals surface area contributed by atoms with Gasteiger partial charge >= 0.3 is 0 Å². The number of sulfonamides is 1. The Kier molecular flexibility index (Phi) is 5.66. The lowest BCUT2D eigenvalue weighted by molar-refractivity contribution is -0.112. The standard InChI is InChI=1S/C25H29N3O4S/c1-26-23-12-11-21(17-22(23)24(25(26)29)18-5-3-4-6-18)33(30,31)28-15-13-27(14-16-28)19-7-9-20(32-2)10-8-19/h7-12,17H,3-6,13-16H2,1-2H3. The number of ether oxygens (including phenoxy) is 1. The molecule has 5 rings (SSSR count). The summed E-state index contributed by atoms with van der Waals surface area (Å²) in [5, 5.41) is 0. The maximum absolute atomic E-state index is 13.5. The Labute approximate surface area is 195 Å². The minimum atomic E-state index is -3.65. The van der Waals surface area contributed by atoms with Gasteiger partial charge in [-0.25, -0.2) is 8.42 Å². The summed E-state index contributed by atoms with van der Waals surface area (Å²) in [6, 6.07) is 12.9. The van der Waals surface area contributed by atoms with Crippen molar-refractivity contribution in [3.05, 3.63) is 53.6 Å². The zero-order valence-electron chi connectivity index (χ0n) is 19.1. The predicted octanol–water partition coefficient (Wildman–Crippen LogP) is 3.51. The summed E-state index contributed by atoms with van der Waals surface area (Å²) in [6.07, 6.45) is 4.00. The first kappa shape index (κ1) is 22.0. The van der Waals surface area contributed by atoms with Gasteiger partial charge in [0.25, 0.3) is 5.91 Å². The van der Waals surface area contributed by atoms with Gasteiger partial charge < -0.3 is 14.5 Å². The van der Waals surface area contributed by atoms with Crippen molar-refractivity contribution in [2.75, 3.05) is 50.1 Å². The zero-order chi connectivity index (χ0) is 23.2. The molecule has 0 spiro atoms. The largest absolute Gasteiger partial charge is 0.497 e. The molecule has 1 saturated heterocycles. The van der Waals surface area contributed by atoms with Gasteiger partial charge in [0.2, 0.25) is 10.0 Å². The summed E-state index contributed by atoms with van der Waals surface area (Å²) in [5.74, 6) is 0.775. The minimum absolute atomic E-state index is 0.0236. The van der Waals surface area contributed by atoms with Crippen molar-refractivity contribution < 1.29 is 17.9 Å². The van der Waals surface area contributed by atoms with Crippen molar-refractivity contribution >= 4 is 32.9 Å². The number of likely N-dealkylation sites (N-methyl/N-ethyl adjacent to an activating group) is 1. The number of allylic oxidation sites excluding steroid dienone is 1. The topological polar surface area (TPSA) is 70.2 Å². The molecular formula is C25H29N3O4S. The molecule has 1 aliphatic carbocycles. The van der Waals surface area contributed by atoms with E-state index in [1.807, 2.05) is 24.3 Å². The number of carbonyl (C=O) groups excluding carboxylic acids is 1. The van der Waals surface area contributed by atoms with Crippen LogP contribution in [0.3, 0.4) is 0 Å². The second kappa shape index (κ2) is 8.50. The molecule has 0 N–H and O–H groups in total. The molecule has 2 heterocycles. The van der Waals surface area contributed by atoms with E-state index in [0.717, 1.165) is 53.9 Å². The van der Waals surface area contributed by atoms with Crippen molar-refractivity contribution in [2.45, 2.75) is 30.6 Å². The lowest BCUT2D eigenvalue weighted by Crippen LogP contribution is -2.48. The van der Waals surface area contributed by atoms with Crippen LogP contribution in [0.4, 0.5) is 11.4 Å². The van der Waals surface area contributed by atoms with Crippen molar-refractivity contribution in [1.29, 1.82) is 0 Å². The second-order valence-electron chi connectivity index (χ2n) is 8.82. The van der Waals surface area contributed by atoms with Crippen LogP contribution < -0.4 is 14.5 Å². The normalized spacial score (nSPS) is 19.4. The molecule has 8 heteroatoms. The third-order valence-electron chi connectivity index (χ3n) is 6.99. The molecule has 1 saturated carbocycles. The molecule has 3 aliphatic rings. The zero-order valence-corrected chi connectivity index (χ0v) is 19.9. The maximum Gasteiger partial charge on any atom is 0.258 e. The highest BCUT2D eigenvalue weighted by Gasteiger charge is 2.35. The number of anilines is 2. The van der Waals surface area contributed by atoms with Crippen LogP contribution in [0.1, 0.15) is 31.2 Å². The average molecular weight is 468 g/mol. The number of methoxy groups -OCH3 is 1. The number of nitrogens with zero attached hydrogens (tertiary/aromatic N) is 3. The number of fused-ring (bicyclic) bond motifs is 1. The average Bonchev–Trinajstić information content (AvgIpc) is 3.45. The van der Waals surface area contributed by atoms with Crippen molar-refractivity contribution in [3.8, 4) is 5.75 Å². The number of piperazine rings is 1. The molecule has 1 amide bonds. The number of carbonyl (C=O) groups is 1. The summed E-state index contributed by atoms with van der Waals surface area (Å²) in [4.78, 5) is 17.0. The summed E-state index contributed by atoms with van der Waals surface area (Å²) >= 11 is 0. The summed E-state index contributed by atoms with van der Waals surface area (Å²) in [6.45, 7) is 2.07. The van der Waals surface area contributed by atoms with Gasteiger partial charge in [0.1, 0.15) is 5.75 Å². The summed E-state index contributed by atoms with van der Waals surface area (Å²) in [5.41, 5.74) is 4.48. The Hall–Kier alpha value is -2.84. The molecule has 2 fully saturated rings. The Morgan fingerprint density at radius 1 is 0.909 bits per heavy atom. The molecule has 2 aromatic rings. The van der Waals surface area contributed by atoms with Crippen LogP contribution in [0.25, 0.3) is 5.57 Å². The van der Waals surface area contributed by atoms with E-state index in [1.165, 1.54) is 0 Å². The molecule has 2 aromatic carbocycles. The number of benzene rings is 2. The smallest absolute Gasteiger partial charge is 0.258 e. The maximum atomic E-state index is 13.5. The molecule has 0 unspecified atom stereocenters. The highest BCUT2D eigenvalue weighted by Crippen LogP contribution is 2.43. The van der Waals surface area contributed by atoms with Gasteiger partial charge in [0.05, 0.1) is 17.7 Å². The Morgan fingerprint density at radius 3 is 2.21 bits per heavy atom. The monoisotopic (exact) mass is 467 g/mol. The molecule has 2 aliphatic heterocycles. The molecule has 0 atom stereocenters. The van der Waals surface area contributed by atoms with Crippen LogP contribution in [-0.4, -0.2) is 59.0 Å². The highest BCUT2D eigenvalue weighted by molar-refractivity contribution is 7.89. The van der Waals surface area contributed by atoms with E-state index in [4.69, 9.17) is 4.74 Å². The van der Waals surface area contributed by atoms with Gasteiger partial charge in [0, 0.05) is 50.1 Å². The van der Waals surface area contributed by atoms with Crippen LogP contribution in [0.15, 0.2) is 52.9 Å². The van der Waals surface area contributed by atoms with Gasteiger partial charge in [-0.2, -0.15) is 4.31 Å². The van der Waals surface area contributed by atoms with E-state index in [0.29, 0.717) is 31.8 Å². The van der Waals surface area contributed by atoms with Gasteiger partial charge in [-0.3, -0.25) is 4.79 Å². The van der Waals surface area contributed by atoms with Crippen LogP contribution in [0, 0.1) is 0 Å². The van der Waals surface area contributed by atoms with Gasteiger partial charge in [0.15, 0.2) is 0 Å². The van der Waals surface area contributed by atoms with Crippen molar-refractivity contribution in [2.24, 2.45) is 0 Å². The lowest BCUT2D eigenvalue weighted by atomic mass is 10.00. The summed E-state index contributed by atoms with van der Waals surface area (Å²) < 4.78 is 33.7. The fourth-order valence-corrected chi connectivity index (χ4v) is 6.53. The molecule has 0 aromatic heterocycles. The molecule has 7 nitrogen and oxygen atoms in total. The SMILES string of the molecule is COc1ccc(N2CCN(S(=O)(=O)c3ccc4c(c3)C(=C3CCCC3)C(=O)N4C)CC2)cc1. The third-order valence-corrected chi connectivity index (χ3v) is 8.89. The van der Waals surface area contributed by atoms with Gasteiger partial charge in [-0.1, -0.05) is 5.57 Å². The molecule has 174 valence electrons. The van der Waals surface area contributed by atoms with Crippen LogP contribution >= 0.6 is 0 Å². The summed E-state index contributed by atoms with van der Waals surface area (Å²) in [7, 11) is -0.250. The fraction of sp³-hybridized carbons (Fsp3) is 0.400. The van der Waals surface area contributed by atoms with Crippen molar-refractivity contribution in [3.63, 3.8) is 0 Å². The van der Waals surface area contributed by atoms with E-state index in [1.54, 1.807) is 41.6 Å². The molecule has 33 heavy (non-hydrogen) atoms. The quantitative estimate of drug-likeness (QED) is 0.644. The fourth-order valence-electron chi connectivity index (χ4n) is 5.08. The van der Waals surface area contributed by atoms with Crippen LogP contribution in [0.5, 0.6) is 5.75 Å². The first-order chi connectivity index (χ1) is 15.9. The first-order valence-electron chi connectivity index (χ1n) is 11.4. The van der Waals surface area contributed by atoms with E-state index in [2.05, 4.69) is 4.90 Å². The lowest BCUT2D eigenvalue weighted by Gasteiger charge is -2.35. The Bertz CT molecular complexity index is 1200. The van der Waals surface area contributed by atoms with E-state index >= 15 is 0 Å². The number of hydrogen-bond donors (Lipinski definition) is 0.